The highest BCUT2D eigenvalue weighted by molar-refractivity contribution is 5.78. The van der Waals surface area contributed by atoms with Crippen molar-refractivity contribution in [2.24, 2.45) is 0 Å². The summed E-state index contributed by atoms with van der Waals surface area (Å²) in [5, 5.41) is 12.1. The third-order valence-corrected chi connectivity index (χ3v) is 4.03. The van der Waals surface area contributed by atoms with Crippen LogP contribution in [0.25, 0.3) is 0 Å². The van der Waals surface area contributed by atoms with Gasteiger partial charge in [0.25, 0.3) is 0 Å². The summed E-state index contributed by atoms with van der Waals surface area (Å²) in [5.74, 6) is 0.243. The van der Waals surface area contributed by atoms with E-state index >= 15 is 0 Å². The maximum absolute atomic E-state index is 12.3. The summed E-state index contributed by atoms with van der Waals surface area (Å²) in [5.41, 5.74) is 0. The van der Waals surface area contributed by atoms with Gasteiger partial charge in [0.2, 0.25) is 5.91 Å². The Bertz CT molecular complexity index is 285. The van der Waals surface area contributed by atoms with Gasteiger partial charge in [-0.15, -0.1) is 0 Å². The first-order valence-electron chi connectivity index (χ1n) is 7.73. The zero-order chi connectivity index (χ0) is 14.2. The lowest BCUT2D eigenvalue weighted by Gasteiger charge is -2.33. The van der Waals surface area contributed by atoms with E-state index in [9.17, 15) is 4.79 Å². The highest BCUT2D eigenvalue weighted by Gasteiger charge is 2.24. The molecule has 2 heterocycles. The Labute approximate surface area is 121 Å². The van der Waals surface area contributed by atoms with Crippen molar-refractivity contribution in [3.05, 3.63) is 0 Å². The fraction of sp³-hybridized carbons (Fsp3) is 0.929. The summed E-state index contributed by atoms with van der Waals surface area (Å²) < 4.78 is 5.52. The first-order valence-corrected chi connectivity index (χ1v) is 7.73. The van der Waals surface area contributed by atoms with Crippen molar-refractivity contribution >= 4 is 5.91 Å². The minimum Gasteiger partial charge on any atom is -0.394 e. The van der Waals surface area contributed by atoms with Crippen molar-refractivity contribution in [1.29, 1.82) is 0 Å². The smallest absolute Gasteiger partial charge is 0.236 e. The van der Waals surface area contributed by atoms with Crippen LogP contribution in [0.15, 0.2) is 0 Å². The topological polar surface area (TPSA) is 65.0 Å². The Kier molecular flexibility index (Phi) is 6.72. The first kappa shape index (κ1) is 15.7. The summed E-state index contributed by atoms with van der Waals surface area (Å²) in [4.78, 5) is 16.5. The normalized spacial score (nSPS) is 22.8. The van der Waals surface area contributed by atoms with E-state index < -0.39 is 0 Å². The summed E-state index contributed by atoms with van der Waals surface area (Å²) >= 11 is 0. The largest absolute Gasteiger partial charge is 0.394 e. The molecule has 6 heteroatoms. The van der Waals surface area contributed by atoms with Crippen molar-refractivity contribution in [2.45, 2.75) is 25.4 Å². The van der Waals surface area contributed by atoms with Crippen LogP contribution in [0.1, 0.15) is 19.3 Å². The average Bonchev–Trinajstić information content (AvgIpc) is 2.74. The van der Waals surface area contributed by atoms with Crippen molar-refractivity contribution in [1.82, 2.24) is 15.1 Å². The molecule has 0 radical (unpaired) electrons. The highest BCUT2D eigenvalue weighted by atomic mass is 16.5. The van der Waals surface area contributed by atoms with E-state index in [1.807, 2.05) is 4.90 Å². The highest BCUT2D eigenvalue weighted by Crippen LogP contribution is 2.14. The Hall–Kier alpha value is -0.690. The van der Waals surface area contributed by atoms with Gasteiger partial charge in [0.1, 0.15) is 0 Å². The molecule has 2 fully saturated rings. The second kappa shape index (κ2) is 8.56. The van der Waals surface area contributed by atoms with Gasteiger partial charge < -0.3 is 20.1 Å². The number of carbonyl (C=O) groups is 1. The maximum Gasteiger partial charge on any atom is 0.236 e. The van der Waals surface area contributed by atoms with Crippen LogP contribution in [-0.2, 0) is 9.53 Å². The van der Waals surface area contributed by atoms with Crippen LogP contribution < -0.4 is 5.32 Å². The first-order chi connectivity index (χ1) is 9.79. The number of hydrogen-bond acceptors (Lipinski definition) is 5. The standard InChI is InChI=1S/C14H27N3O3/c18-10-11-20-13-2-7-17(8-3-13)14(19)12-16-6-1-4-15-5-9-16/h13,15,18H,1-12H2. The molecule has 0 bridgehead atoms. The number of aliphatic hydroxyl groups excluding tert-OH is 1. The number of ether oxygens (including phenoxy) is 1. The van der Waals surface area contributed by atoms with Crippen molar-refractivity contribution < 1.29 is 14.6 Å². The number of carbonyl (C=O) groups excluding carboxylic acids is 1. The van der Waals surface area contributed by atoms with Gasteiger partial charge in [0.05, 0.1) is 25.9 Å². The second-order valence-corrected chi connectivity index (χ2v) is 5.55. The van der Waals surface area contributed by atoms with Gasteiger partial charge in [0.15, 0.2) is 0 Å². The molecule has 0 saturated carbocycles. The lowest BCUT2D eigenvalue weighted by molar-refractivity contribution is -0.135. The van der Waals surface area contributed by atoms with Gasteiger partial charge in [-0.3, -0.25) is 9.69 Å². The van der Waals surface area contributed by atoms with E-state index in [4.69, 9.17) is 9.84 Å². The predicted octanol–water partition coefficient (Wildman–Crippen LogP) is -0.718. The van der Waals surface area contributed by atoms with Gasteiger partial charge in [-0.25, -0.2) is 0 Å². The quantitative estimate of drug-likeness (QED) is 0.698. The molecule has 0 aromatic rings. The summed E-state index contributed by atoms with van der Waals surface area (Å²) in [6.07, 6.45) is 3.08. The molecule has 0 unspecified atom stereocenters. The predicted molar refractivity (Wildman–Crippen MR) is 76.6 cm³/mol. The van der Waals surface area contributed by atoms with Crippen LogP contribution in [0.2, 0.25) is 0 Å². The molecule has 0 atom stereocenters. The van der Waals surface area contributed by atoms with Crippen LogP contribution in [0.4, 0.5) is 0 Å². The third-order valence-electron chi connectivity index (χ3n) is 4.03. The molecule has 0 aromatic heterocycles. The van der Waals surface area contributed by atoms with Gasteiger partial charge in [-0.1, -0.05) is 0 Å². The molecule has 0 aliphatic carbocycles. The minimum atomic E-state index is 0.0716. The van der Waals surface area contributed by atoms with E-state index in [2.05, 4.69) is 10.2 Å². The van der Waals surface area contributed by atoms with E-state index in [1.165, 1.54) is 0 Å². The van der Waals surface area contributed by atoms with Crippen molar-refractivity contribution in [2.75, 3.05) is 59.0 Å². The fourth-order valence-corrected chi connectivity index (χ4v) is 2.84. The molecule has 2 aliphatic heterocycles. The number of nitrogens with zero attached hydrogens (tertiary/aromatic N) is 2. The number of amides is 1. The number of likely N-dealkylation sites (tertiary alicyclic amines) is 1. The lowest BCUT2D eigenvalue weighted by atomic mass is 10.1. The molecule has 2 N–H and O–H groups in total. The molecule has 2 aliphatic rings. The number of piperidine rings is 1. The zero-order valence-electron chi connectivity index (χ0n) is 12.2. The monoisotopic (exact) mass is 285 g/mol. The number of rotatable bonds is 5. The molecule has 2 saturated heterocycles. The van der Waals surface area contributed by atoms with E-state index in [0.29, 0.717) is 13.2 Å². The maximum atomic E-state index is 12.3. The fourth-order valence-electron chi connectivity index (χ4n) is 2.84. The molecular weight excluding hydrogens is 258 g/mol. The van der Waals surface area contributed by atoms with Gasteiger partial charge in [-0.05, 0) is 32.4 Å². The Morgan fingerprint density at radius 3 is 2.75 bits per heavy atom. The van der Waals surface area contributed by atoms with Crippen molar-refractivity contribution in [3.63, 3.8) is 0 Å². The van der Waals surface area contributed by atoms with Crippen LogP contribution in [0, 0.1) is 0 Å². The Morgan fingerprint density at radius 2 is 2.00 bits per heavy atom. The summed E-state index contributed by atoms with van der Waals surface area (Å²) in [6.45, 7) is 6.58. The average molecular weight is 285 g/mol. The summed E-state index contributed by atoms with van der Waals surface area (Å²) in [7, 11) is 0. The molecule has 2 rings (SSSR count). The Balaban J connectivity index is 1.68. The lowest BCUT2D eigenvalue weighted by Crippen LogP contribution is -2.46. The Morgan fingerprint density at radius 1 is 1.20 bits per heavy atom. The van der Waals surface area contributed by atoms with E-state index in [-0.39, 0.29) is 18.6 Å². The third kappa shape index (κ3) is 5.01. The van der Waals surface area contributed by atoms with E-state index in [0.717, 1.165) is 58.5 Å². The molecule has 1 amide bonds. The molecule has 20 heavy (non-hydrogen) atoms. The number of hydrogen-bond donors (Lipinski definition) is 2. The minimum absolute atomic E-state index is 0.0716. The second-order valence-electron chi connectivity index (χ2n) is 5.55. The molecular formula is C14H27N3O3. The number of aliphatic hydroxyl groups is 1. The molecule has 0 spiro atoms. The molecule has 6 nitrogen and oxygen atoms in total. The van der Waals surface area contributed by atoms with E-state index in [1.54, 1.807) is 0 Å². The zero-order valence-corrected chi connectivity index (χ0v) is 12.2. The van der Waals surface area contributed by atoms with Crippen LogP contribution >= 0.6 is 0 Å². The van der Waals surface area contributed by atoms with Gasteiger partial charge >= 0.3 is 0 Å². The molecule has 116 valence electrons. The van der Waals surface area contributed by atoms with Gasteiger partial charge in [-0.2, -0.15) is 0 Å². The van der Waals surface area contributed by atoms with Gasteiger partial charge in [0, 0.05) is 26.2 Å². The molecule has 0 aromatic carbocycles. The van der Waals surface area contributed by atoms with Crippen molar-refractivity contribution in [3.8, 4) is 0 Å². The number of nitrogens with one attached hydrogen (secondary N) is 1. The van der Waals surface area contributed by atoms with Crippen LogP contribution in [0.3, 0.4) is 0 Å². The van der Waals surface area contributed by atoms with Crippen LogP contribution in [-0.4, -0.2) is 85.9 Å². The summed E-state index contributed by atoms with van der Waals surface area (Å²) in [6, 6.07) is 0. The SMILES string of the molecule is O=C(CN1CCCNCC1)N1CCC(OCCO)CC1. The van der Waals surface area contributed by atoms with Crippen LogP contribution in [0.5, 0.6) is 0 Å².